The highest BCUT2D eigenvalue weighted by Gasteiger charge is 1.98. The first-order valence-electron chi connectivity index (χ1n) is 4.33. The van der Waals surface area contributed by atoms with Gasteiger partial charge in [0.25, 0.3) is 0 Å². The molecule has 2 nitrogen and oxygen atoms in total. The number of hydrogen-bond donors (Lipinski definition) is 0. The molecule has 2 heteroatoms. The van der Waals surface area contributed by atoms with E-state index in [1.807, 2.05) is 13.1 Å². The average Bonchev–Trinajstić information content (AvgIpc) is 2.35. The van der Waals surface area contributed by atoms with Crippen molar-refractivity contribution in [1.29, 1.82) is 0 Å². The van der Waals surface area contributed by atoms with Crippen molar-refractivity contribution in [3.8, 4) is 0 Å². The van der Waals surface area contributed by atoms with Crippen LogP contribution in [-0.2, 0) is 0 Å². The lowest BCUT2D eigenvalue weighted by Crippen LogP contribution is -1.93. The fourth-order valence-corrected chi connectivity index (χ4v) is 1.07. The average molecular weight is 164 g/mol. The monoisotopic (exact) mass is 164 g/mol. The van der Waals surface area contributed by atoms with Crippen molar-refractivity contribution in [2.24, 2.45) is 0 Å². The summed E-state index contributed by atoms with van der Waals surface area (Å²) in [5, 5.41) is 0. The normalized spacial score (nSPS) is 12.2. The Morgan fingerprint density at radius 1 is 1.58 bits per heavy atom. The number of nitrogens with zero attached hydrogens (tertiary/aromatic N) is 2. The van der Waals surface area contributed by atoms with Gasteiger partial charge in [0.2, 0.25) is 0 Å². The molecule has 0 aliphatic heterocycles. The van der Waals surface area contributed by atoms with Crippen LogP contribution in [0.4, 0.5) is 0 Å². The molecule has 0 radical (unpaired) electrons. The van der Waals surface area contributed by atoms with E-state index < -0.39 is 0 Å². The van der Waals surface area contributed by atoms with Crippen molar-refractivity contribution in [2.45, 2.75) is 34.1 Å². The van der Waals surface area contributed by atoms with Gasteiger partial charge in [-0.2, -0.15) is 0 Å². The molecule has 0 bridgehead atoms. The number of allylic oxidation sites excluding steroid dienone is 1. The van der Waals surface area contributed by atoms with E-state index in [4.69, 9.17) is 0 Å². The highest BCUT2D eigenvalue weighted by Crippen LogP contribution is 2.07. The molecular weight excluding hydrogens is 148 g/mol. The molecule has 0 unspecified atom stereocenters. The Bertz CT molecular complexity index is 275. The Labute approximate surface area is 73.9 Å². The molecule has 0 N–H and O–H groups in total. The van der Waals surface area contributed by atoms with Crippen LogP contribution >= 0.6 is 0 Å². The zero-order valence-electron chi connectivity index (χ0n) is 8.26. The Morgan fingerprint density at radius 3 is 2.67 bits per heavy atom. The van der Waals surface area contributed by atoms with Crippen LogP contribution in [0.3, 0.4) is 0 Å². The maximum atomic E-state index is 4.22. The Balaban J connectivity index is 3.02. The highest BCUT2D eigenvalue weighted by atomic mass is 15.1. The van der Waals surface area contributed by atoms with Gasteiger partial charge in [0.1, 0.15) is 5.82 Å². The van der Waals surface area contributed by atoms with Gasteiger partial charge in [-0.25, -0.2) is 4.98 Å². The van der Waals surface area contributed by atoms with E-state index in [1.54, 1.807) is 0 Å². The molecule has 0 aromatic carbocycles. The first-order valence-corrected chi connectivity index (χ1v) is 4.33. The van der Waals surface area contributed by atoms with Crippen molar-refractivity contribution in [2.75, 3.05) is 0 Å². The molecule has 1 aromatic heterocycles. The van der Waals surface area contributed by atoms with Gasteiger partial charge in [-0.15, -0.1) is 0 Å². The van der Waals surface area contributed by atoms with E-state index in [-0.39, 0.29) is 0 Å². The quantitative estimate of drug-likeness (QED) is 0.657. The van der Waals surface area contributed by atoms with Crippen LogP contribution in [0, 0.1) is 13.8 Å². The van der Waals surface area contributed by atoms with Gasteiger partial charge in [-0.05, 0) is 27.2 Å². The van der Waals surface area contributed by atoms with Crippen molar-refractivity contribution in [3.63, 3.8) is 0 Å². The minimum Gasteiger partial charge on any atom is -0.308 e. The third kappa shape index (κ3) is 1.76. The fourth-order valence-electron chi connectivity index (χ4n) is 1.07. The molecule has 0 fully saturated rings. The summed E-state index contributed by atoms with van der Waals surface area (Å²) in [5.74, 6) is 1.06. The number of imidazole rings is 1. The fraction of sp³-hybridized carbons (Fsp3) is 0.500. The largest absolute Gasteiger partial charge is 0.308 e. The van der Waals surface area contributed by atoms with Crippen LogP contribution in [0.2, 0.25) is 0 Å². The number of aryl methyl sites for hydroxylation is 2. The molecular formula is C10H16N2. The molecule has 1 heterocycles. The Kier molecular flexibility index (Phi) is 2.69. The summed E-state index contributed by atoms with van der Waals surface area (Å²) in [7, 11) is 0. The molecule has 1 aromatic rings. The van der Waals surface area contributed by atoms with Gasteiger partial charge in [0, 0.05) is 18.1 Å². The van der Waals surface area contributed by atoms with Crippen LogP contribution in [0.25, 0.3) is 6.20 Å². The molecule has 0 amide bonds. The van der Waals surface area contributed by atoms with Crippen LogP contribution < -0.4 is 0 Å². The van der Waals surface area contributed by atoms with Gasteiger partial charge in [-0.3, -0.25) is 0 Å². The summed E-state index contributed by atoms with van der Waals surface area (Å²) in [6.07, 6.45) is 5.14. The molecule has 0 aliphatic carbocycles. The molecule has 1 rings (SSSR count). The van der Waals surface area contributed by atoms with Gasteiger partial charge in [0.05, 0.1) is 0 Å². The zero-order chi connectivity index (χ0) is 9.14. The van der Waals surface area contributed by atoms with Gasteiger partial charge >= 0.3 is 0 Å². The molecule has 0 spiro atoms. The van der Waals surface area contributed by atoms with E-state index >= 15 is 0 Å². The van der Waals surface area contributed by atoms with Gasteiger partial charge < -0.3 is 4.57 Å². The van der Waals surface area contributed by atoms with Crippen molar-refractivity contribution < 1.29 is 0 Å². The summed E-state index contributed by atoms with van der Waals surface area (Å²) < 4.78 is 2.12. The summed E-state index contributed by atoms with van der Waals surface area (Å²) in [6, 6.07) is 0. The van der Waals surface area contributed by atoms with Crippen LogP contribution in [0.1, 0.15) is 31.8 Å². The molecule has 0 aliphatic rings. The van der Waals surface area contributed by atoms with E-state index in [0.717, 1.165) is 12.2 Å². The lowest BCUT2D eigenvalue weighted by molar-refractivity contribution is 0.971. The van der Waals surface area contributed by atoms with E-state index in [2.05, 4.69) is 36.5 Å². The Hall–Kier alpha value is -1.05. The number of hydrogen-bond acceptors (Lipinski definition) is 1. The predicted molar refractivity (Wildman–Crippen MR) is 51.9 cm³/mol. The second kappa shape index (κ2) is 3.57. The second-order valence-corrected chi connectivity index (χ2v) is 3.15. The lowest BCUT2D eigenvalue weighted by Gasteiger charge is -2.02. The third-order valence-corrected chi connectivity index (χ3v) is 2.07. The summed E-state index contributed by atoms with van der Waals surface area (Å²) in [5.41, 5.74) is 2.57. The SMILES string of the molecule is CC/C(C)=C\n1c(C)cnc1C. The topological polar surface area (TPSA) is 17.8 Å². The summed E-state index contributed by atoms with van der Waals surface area (Å²) >= 11 is 0. The highest BCUT2D eigenvalue weighted by molar-refractivity contribution is 5.33. The predicted octanol–water partition coefficient (Wildman–Crippen LogP) is 2.77. The van der Waals surface area contributed by atoms with E-state index in [0.29, 0.717) is 0 Å². The lowest BCUT2D eigenvalue weighted by atomic mass is 10.2. The second-order valence-electron chi connectivity index (χ2n) is 3.15. The van der Waals surface area contributed by atoms with Gasteiger partial charge in [0.15, 0.2) is 0 Å². The number of aromatic nitrogens is 2. The maximum Gasteiger partial charge on any atom is 0.109 e. The zero-order valence-corrected chi connectivity index (χ0v) is 8.26. The van der Waals surface area contributed by atoms with Crippen LogP contribution in [-0.4, -0.2) is 9.55 Å². The first-order chi connectivity index (χ1) is 5.65. The summed E-state index contributed by atoms with van der Waals surface area (Å²) in [4.78, 5) is 4.22. The van der Waals surface area contributed by atoms with E-state index in [9.17, 15) is 0 Å². The van der Waals surface area contributed by atoms with Crippen molar-refractivity contribution in [1.82, 2.24) is 9.55 Å². The number of rotatable bonds is 2. The smallest absolute Gasteiger partial charge is 0.109 e. The van der Waals surface area contributed by atoms with Gasteiger partial charge in [-0.1, -0.05) is 12.5 Å². The first kappa shape index (κ1) is 9.04. The molecule has 0 saturated heterocycles. The van der Waals surface area contributed by atoms with Crippen LogP contribution in [0.5, 0.6) is 0 Å². The minimum atomic E-state index is 1.06. The molecule has 12 heavy (non-hydrogen) atoms. The summed E-state index contributed by atoms with van der Waals surface area (Å²) in [6.45, 7) is 8.39. The van der Waals surface area contributed by atoms with Crippen molar-refractivity contribution in [3.05, 3.63) is 23.3 Å². The minimum absolute atomic E-state index is 1.06. The maximum absolute atomic E-state index is 4.22. The molecule has 0 atom stereocenters. The van der Waals surface area contributed by atoms with Crippen LogP contribution in [0.15, 0.2) is 11.8 Å². The van der Waals surface area contributed by atoms with E-state index in [1.165, 1.54) is 11.3 Å². The van der Waals surface area contributed by atoms with Crippen molar-refractivity contribution >= 4 is 6.20 Å². The standard InChI is InChI=1S/C10H16N2/c1-5-8(2)7-12-9(3)6-11-10(12)4/h6-7H,5H2,1-4H3/b8-7-. The molecule has 66 valence electrons. The Morgan fingerprint density at radius 2 is 2.25 bits per heavy atom. The third-order valence-electron chi connectivity index (χ3n) is 2.07. The molecule has 0 saturated carbocycles.